The van der Waals surface area contributed by atoms with Crippen LogP contribution in [0.5, 0.6) is 0 Å². The number of carbonyl (C=O) groups is 1. The molecule has 0 aliphatic rings. The van der Waals surface area contributed by atoms with Crippen molar-refractivity contribution in [2.45, 2.75) is 25.8 Å². The topological polar surface area (TPSA) is 29.1 Å². The van der Waals surface area contributed by atoms with E-state index in [4.69, 9.17) is 23.2 Å². The third-order valence-corrected chi connectivity index (χ3v) is 3.45. The van der Waals surface area contributed by atoms with Crippen LogP contribution in [0.1, 0.15) is 30.1 Å². The Morgan fingerprint density at radius 2 is 2.18 bits per heavy atom. The number of halogens is 3. The highest BCUT2D eigenvalue weighted by Gasteiger charge is 2.13. The van der Waals surface area contributed by atoms with Crippen LogP contribution < -0.4 is 5.32 Å². The van der Waals surface area contributed by atoms with Gasteiger partial charge in [0.1, 0.15) is 0 Å². The Morgan fingerprint density at radius 3 is 2.82 bits per heavy atom. The molecule has 1 aromatic carbocycles. The van der Waals surface area contributed by atoms with E-state index >= 15 is 0 Å². The fraction of sp³-hybridized carbons (Fsp3) is 0.417. The molecule has 1 atom stereocenters. The summed E-state index contributed by atoms with van der Waals surface area (Å²) in [7, 11) is 0. The summed E-state index contributed by atoms with van der Waals surface area (Å²) in [6.07, 6.45) is 1.94. The van der Waals surface area contributed by atoms with Gasteiger partial charge in [-0.05, 0) is 38.0 Å². The fourth-order valence-corrected chi connectivity index (χ4v) is 2.13. The van der Waals surface area contributed by atoms with Gasteiger partial charge in [-0.15, -0.1) is 0 Å². The van der Waals surface area contributed by atoms with Gasteiger partial charge in [0.05, 0.1) is 10.6 Å². The summed E-state index contributed by atoms with van der Waals surface area (Å²) in [6.45, 7) is 1.97. The van der Waals surface area contributed by atoms with E-state index in [9.17, 15) is 4.79 Å². The molecule has 0 aromatic heterocycles. The second kappa shape index (κ2) is 7.24. The number of benzene rings is 1. The molecule has 0 aliphatic heterocycles. The summed E-state index contributed by atoms with van der Waals surface area (Å²) in [5.41, 5.74) is 0.421. The molecule has 0 spiro atoms. The number of hydrogen-bond acceptors (Lipinski definition) is 1. The second-order valence-corrected chi connectivity index (χ2v) is 5.47. The molecule has 1 aromatic rings. The zero-order chi connectivity index (χ0) is 12.8. The van der Waals surface area contributed by atoms with Gasteiger partial charge in [-0.1, -0.05) is 39.1 Å². The van der Waals surface area contributed by atoms with E-state index in [1.54, 1.807) is 18.2 Å². The SMILES string of the molecule is CC(CCCBr)NC(=O)c1cc(Cl)ccc1Cl. The Bertz CT molecular complexity index is 398. The van der Waals surface area contributed by atoms with E-state index in [2.05, 4.69) is 21.2 Å². The molecule has 1 N–H and O–H groups in total. The highest BCUT2D eigenvalue weighted by molar-refractivity contribution is 9.09. The lowest BCUT2D eigenvalue weighted by molar-refractivity contribution is 0.0938. The van der Waals surface area contributed by atoms with Crippen LogP contribution in [-0.4, -0.2) is 17.3 Å². The van der Waals surface area contributed by atoms with Crippen molar-refractivity contribution in [2.24, 2.45) is 0 Å². The third kappa shape index (κ3) is 4.86. The monoisotopic (exact) mass is 337 g/mol. The smallest absolute Gasteiger partial charge is 0.253 e. The van der Waals surface area contributed by atoms with Crippen molar-refractivity contribution in [1.82, 2.24) is 5.32 Å². The van der Waals surface area contributed by atoms with Crippen molar-refractivity contribution in [3.63, 3.8) is 0 Å². The Morgan fingerprint density at radius 1 is 1.47 bits per heavy atom. The van der Waals surface area contributed by atoms with Gasteiger partial charge < -0.3 is 5.32 Å². The second-order valence-electron chi connectivity index (χ2n) is 3.83. The summed E-state index contributed by atoms with van der Waals surface area (Å²) >= 11 is 15.1. The molecule has 0 saturated carbocycles. The Kier molecular flexibility index (Phi) is 6.31. The molecule has 0 bridgehead atoms. The van der Waals surface area contributed by atoms with Gasteiger partial charge in [-0.25, -0.2) is 0 Å². The highest BCUT2D eigenvalue weighted by Crippen LogP contribution is 2.20. The summed E-state index contributed by atoms with van der Waals surface area (Å²) in [6, 6.07) is 4.99. The summed E-state index contributed by atoms with van der Waals surface area (Å²) < 4.78 is 0. The van der Waals surface area contributed by atoms with Crippen molar-refractivity contribution in [3.05, 3.63) is 33.8 Å². The molecular weight excluding hydrogens is 325 g/mol. The number of rotatable bonds is 5. The number of alkyl halides is 1. The van der Waals surface area contributed by atoms with E-state index in [1.165, 1.54) is 0 Å². The first kappa shape index (κ1) is 14.8. The molecule has 2 nitrogen and oxygen atoms in total. The minimum atomic E-state index is -0.181. The quantitative estimate of drug-likeness (QED) is 0.797. The molecule has 1 rings (SSSR count). The average molecular weight is 339 g/mol. The molecular formula is C12H14BrCl2NO. The normalized spacial score (nSPS) is 12.2. The molecule has 0 fully saturated rings. The van der Waals surface area contributed by atoms with Crippen LogP contribution >= 0.6 is 39.1 Å². The average Bonchev–Trinajstić information content (AvgIpc) is 2.29. The molecule has 0 saturated heterocycles. The fourth-order valence-electron chi connectivity index (χ4n) is 1.43. The van der Waals surface area contributed by atoms with Crippen molar-refractivity contribution in [2.75, 3.05) is 5.33 Å². The van der Waals surface area contributed by atoms with Gasteiger partial charge in [0.2, 0.25) is 0 Å². The first-order valence-corrected chi connectivity index (χ1v) is 7.24. The maximum Gasteiger partial charge on any atom is 0.253 e. The molecule has 0 heterocycles. The minimum absolute atomic E-state index is 0.120. The van der Waals surface area contributed by atoms with Gasteiger partial charge in [0, 0.05) is 16.4 Å². The molecule has 17 heavy (non-hydrogen) atoms. The maximum atomic E-state index is 11.9. The van der Waals surface area contributed by atoms with E-state index in [1.807, 2.05) is 6.92 Å². The number of nitrogens with one attached hydrogen (secondary N) is 1. The third-order valence-electron chi connectivity index (χ3n) is 2.32. The highest BCUT2D eigenvalue weighted by atomic mass is 79.9. The van der Waals surface area contributed by atoms with Crippen LogP contribution in [0, 0.1) is 0 Å². The Balaban J connectivity index is 2.66. The lowest BCUT2D eigenvalue weighted by atomic mass is 10.1. The number of hydrogen-bond donors (Lipinski definition) is 1. The lowest BCUT2D eigenvalue weighted by Gasteiger charge is -2.14. The Hall–Kier alpha value is -0.250. The van der Waals surface area contributed by atoms with E-state index in [-0.39, 0.29) is 11.9 Å². The van der Waals surface area contributed by atoms with Crippen LogP contribution in [0.25, 0.3) is 0 Å². The predicted octanol–water partition coefficient (Wildman–Crippen LogP) is 4.29. The number of amides is 1. The maximum absolute atomic E-state index is 11.9. The summed E-state index contributed by atoms with van der Waals surface area (Å²) in [5, 5.41) is 4.76. The van der Waals surface area contributed by atoms with Crippen LogP contribution in [0.2, 0.25) is 10.0 Å². The molecule has 1 amide bonds. The number of carbonyl (C=O) groups excluding carboxylic acids is 1. The molecule has 5 heteroatoms. The van der Waals surface area contributed by atoms with Gasteiger partial charge in [0.15, 0.2) is 0 Å². The summed E-state index contributed by atoms with van der Waals surface area (Å²) in [5.74, 6) is -0.181. The lowest BCUT2D eigenvalue weighted by Crippen LogP contribution is -2.32. The van der Waals surface area contributed by atoms with Gasteiger partial charge >= 0.3 is 0 Å². The predicted molar refractivity (Wildman–Crippen MR) is 76.4 cm³/mol. The largest absolute Gasteiger partial charge is 0.350 e. The van der Waals surface area contributed by atoms with E-state index < -0.39 is 0 Å². The van der Waals surface area contributed by atoms with Crippen LogP contribution in [-0.2, 0) is 0 Å². The molecule has 0 radical (unpaired) electrons. The van der Waals surface area contributed by atoms with Crippen LogP contribution in [0.15, 0.2) is 18.2 Å². The Labute approximate surface area is 120 Å². The molecule has 94 valence electrons. The van der Waals surface area contributed by atoms with Crippen LogP contribution in [0.3, 0.4) is 0 Å². The summed E-state index contributed by atoms with van der Waals surface area (Å²) in [4.78, 5) is 11.9. The van der Waals surface area contributed by atoms with Crippen molar-refractivity contribution < 1.29 is 4.79 Å². The first-order valence-electron chi connectivity index (χ1n) is 5.36. The van der Waals surface area contributed by atoms with Crippen LogP contribution in [0.4, 0.5) is 0 Å². The van der Waals surface area contributed by atoms with Gasteiger partial charge in [0.25, 0.3) is 5.91 Å². The van der Waals surface area contributed by atoms with Crippen molar-refractivity contribution in [1.29, 1.82) is 0 Å². The van der Waals surface area contributed by atoms with Gasteiger partial charge in [-0.2, -0.15) is 0 Å². The van der Waals surface area contributed by atoms with E-state index in [0.29, 0.717) is 15.6 Å². The van der Waals surface area contributed by atoms with Crippen molar-refractivity contribution >= 4 is 45.0 Å². The minimum Gasteiger partial charge on any atom is -0.350 e. The van der Waals surface area contributed by atoms with E-state index in [0.717, 1.165) is 18.2 Å². The molecule has 1 unspecified atom stereocenters. The first-order chi connectivity index (χ1) is 8.04. The van der Waals surface area contributed by atoms with Crippen molar-refractivity contribution in [3.8, 4) is 0 Å². The standard InChI is InChI=1S/C12H14BrCl2NO/c1-8(3-2-6-13)16-12(17)10-7-9(14)4-5-11(10)15/h4-5,7-8H,2-3,6H2,1H3,(H,16,17). The van der Waals surface area contributed by atoms with Gasteiger partial charge in [-0.3, -0.25) is 4.79 Å². The molecule has 0 aliphatic carbocycles. The zero-order valence-electron chi connectivity index (χ0n) is 9.47. The zero-order valence-corrected chi connectivity index (χ0v) is 12.6.